The van der Waals surface area contributed by atoms with Crippen LogP contribution in [0.25, 0.3) is 0 Å². The standard InChI is InChI=1S/C16H30N2O/c1-2-10-18(12-13-6-4-3-5-7-13)16(19)14-8-9-15(17)11-14/h13-15H,2-12,17H2,1H3. The number of rotatable bonds is 5. The largest absolute Gasteiger partial charge is 0.342 e. The third-order valence-corrected chi connectivity index (χ3v) is 4.83. The normalized spacial score (nSPS) is 28.5. The van der Waals surface area contributed by atoms with E-state index in [1.807, 2.05) is 0 Å². The minimum absolute atomic E-state index is 0.213. The van der Waals surface area contributed by atoms with E-state index >= 15 is 0 Å². The first-order valence-corrected chi connectivity index (χ1v) is 8.25. The average Bonchev–Trinajstić information content (AvgIpc) is 2.85. The number of nitrogens with two attached hydrogens (primary N) is 1. The monoisotopic (exact) mass is 266 g/mol. The van der Waals surface area contributed by atoms with Crippen LogP contribution in [0.2, 0.25) is 0 Å². The summed E-state index contributed by atoms with van der Waals surface area (Å²) in [5.41, 5.74) is 5.95. The molecule has 110 valence electrons. The topological polar surface area (TPSA) is 46.3 Å². The Labute approximate surface area is 117 Å². The molecule has 2 atom stereocenters. The highest BCUT2D eigenvalue weighted by molar-refractivity contribution is 5.79. The Kier molecular flexibility index (Phi) is 5.68. The van der Waals surface area contributed by atoms with E-state index in [1.54, 1.807) is 0 Å². The van der Waals surface area contributed by atoms with Crippen LogP contribution in [-0.2, 0) is 4.79 Å². The van der Waals surface area contributed by atoms with Crippen molar-refractivity contribution in [2.45, 2.75) is 70.8 Å². The fourth-order valence-corrected chi connectivity index (χ4v) is 3.74. The summed E-state index contributed by atoms with van der Waals surface area (Å²) in [6.07, 6.45) is 10.7. The molecule has 3 heteroatoms. The first kappa shape index (κ1) is 14.8. The van der Waals surface area contributed by atoms with Gasteiger partial charge in [0, 0.05) is 25.0 Å². The maximum Gasteiger partial charge on any atom is 0.225 e. The van der Waals surface area contributed by atoms with Crippen molar-refractivity contribution in [3.63, 3.8) is 0 Å². The molecule has 2 aliphatic carbocycles. The summed E-state index contributed by atoms with van der Waals surface area (Å²) in [4.78, 5) is 14.8. The van der Waals surface area contributed by atoms with E-state index in [0.717, 1.165) is 44.7 Å². The summed E-state index contributed by atoms with van der Waals surface area (Å²) in [7, 11) is 0. The summed E-state index contributed by atoms with van der Waals surface area (Å²) < 4.78 is 0. The van der Waals surface area contributed by atoms with Gasteiger partial charge in [0.1, 0.15) is 0 Å². The van der Waals surface area contributed by atoms with Crippen LogP contribution in [0.4, 0.5) is 0 Å². The maximum absolute atomic E-state index is 12.6. The average molecular weight is 266 g/mol. The highest BCUT2D eigenvalue weighted by atomic mass is 16.2. The van der Waals surface area contributed by atoms with Crippen molar-refractivity contribution < 1.29 is 4.79 Å². The van der Waals surface area contributed by atoms with Gasteiger partial charge < -0.3 is 10.6 Å². The smallest absolute Gasteiger partial charge is 0.225 e. The van der Waals surface area contributed by atoms with Crippen LogP contribution >= 0.6 is 0 Å². The van der Waals surface area contributed by atoms with Gasteiger partial charge in [-0.25, -0.2) is 0 Å². The molecule has 0 saturated heterocycles. The molecule has 0 radical (unpaired) electrons. The first-order chi connectivity index (χ1) is 9.20. The van der Waals surface area contributed by atoms with Crippen molar-refractivity contribution in [2.24, 2.45) is 17.6 Å². The zero-order chi connectivity index (χ0) is 13.7. The zero-order valence-electron chi connectivity index (χ0n) is 12.4. The summed E-state index contributed by atoms with van der Waals surface area (Å²) in [6, 6.07) is 0.257. The van der Waals surface area contributed by atoms with Gasteiger partial charge in [-0.05, 0) is 44.4 Å². The SMILES string of the molecule is CCCN(CC1CCCCC1)C(=O)C1CCC(N)C1. The van der Waals surface area contributed by atoms with Gasteiger partial charge in [-0.15, -0.1) is 0 Å². The minimum Gasteiger partial charge on any atom is -0.342 e. The van der Waals surface area contributed by atoms with Gasteiger partial charge in [0.15, 0.2) is 0 Å². The van der Waals surface area contributed by atoms with Crippen molar-refractivity contribution in [3.8, 4) is 0 Å². The molecule has 3 nitrogen and oxygen atoms in total. The molecule has 0 aliphatic heterocycles. The molecule has 19 heavy (non-hydrogen) atoms. The van der Waals surface area contributed by atoms with Crippen molar-refractivity contribution in [1.82, 2.24) is 4.90 Å². The van der Waals surface area contributed by atoms with Gasteiger partial charge in [-0.2, -0.15) is 0 Å². The van der Waals surface area contributed by atoms with Crippen LogP contribution in [0, 0.1) is 11.8 Å². The summed E-state index contributed by atoms with van der Waals surface area (Å²) in [5.74, 6) is 1.35. The molecule has 0 aromatic carbocycles. The molecule has 0 bridgehead atoms. The fraction of sp³-hybridized carbons (Fsp3) is 0.938. The summed E-state index contributed by atoms with van der Waals surface area (Å²) in [6.45, 7) is 4.10. The number of carbonyl (C=O) groups excluding carboxylic acids is 1. The van der Waals surface area contributed by atoms with E-state index in [1.165, 1.54) is 32.1 Å². The summed E-state index contributed by atoms with van der Waals surface area (Å²) >= 11 is 0. The third-order valence-electron chi connectivity index (χ3n) is 4.83. The van der Waals surface area contributed by atoms with E-state index in [4.69, 9.17) is 5.73 Å². The minimum atomic E-state index is 0.213. The van der Waals surface area contributed by atoms with Crippen molar-refractivity contribution in [1.29, 1.82) is 0 Å². The first-order valence-electron chi connectivity index (χ1n) is 8.25. The Hall–Kier alpha value is -0.570. The maximum atomic E-state index is 12.6. The molecule has 2 fully saturated rings. The number of carbonyl (C=O) groups is 1. The second-order valence-corrected chi connectivity index (χ2v) is 6.56. The van der Waals surface area contributed by atoms with Crippen LogP contribution in [0.5, 0.6) is 0 Å². The summed E-state index contributed by atoms with van der Waals surface area (Å²) in [5, 5.41) is 0. The highest BCUT2D eigenvalue weighted by Gasteiger charge is 2.31. The van der Waals surface area contributed by atoms with Gasteiger partial charge in [-0.3, -0.25) is 4.79 Å². The molecule has 0 heterocycles. The van der Waals surface area contributed by atoms with Gasteiger partial charge in [0.25, 0.3) is 0 Å². The van der Waals surface area contributed by atoms with E-state index < -0.39 is 0 Å². The molecule has 1 amide bonds. The Balaban J connectivity index is 1.88. The van der Waals surface area contributed by atoms with Crippen LogP contribution in [0.3, 0.4) is 0 Å². The molecule has 2 unspecified atom stereocenters. The lowest BCUT2D eigenvalue weighted by molar-refractivity contribution is -0.136. The van der Waals surface area contributed by atoms with E-state index in [-0.39, 0.29) is 12.0 Å². The molecular weight excluding hydrogens is 236 g/mol. The lowest BCUT2D eigenvalue weighted by Gasteiger charge is -2.31. The van der Waals surface area contributed by atoms with Gasteiger partial charge in [-0.1, -0.05) is 26.2 Å². The Morgan fingerprint density at radius 3 is 2.47 bits per heavy atom. The predicted molar refractivity (Wildman–Crippen MR) is 78.8 cm³/mol. The molecule has 0 spiro atoms. The lowest BCUT2D eigenvalue weighted by Crippen LogP contribution is -2.40. The molecule has 2 rings (SSSR count). The molecule has 0 aromatic rings. The lowest BCUT2D eigenvalue weighted by atomic mass is 9.88. The number of nitrogens with zero attached hydrogens (tertiary/aromatic N) is 1. The quantitative estimate of drug-likeness (QED) is 0.831. The zero-order valence-corrected chi connectivity index (χ0v) is 12.4. The van der Waals surface area contributed by atoms with Crippen molar-refractivity contribution in [2.75, 3.05) is 13.1 Å². The van der Waals surface area contributed by atoms with E-state index in [0.29, 0.717) is 5.91 Å². The van der Waals surface area contributed by atoms with Crippen LogP contribution in [-0.4, -0.2) is 29.9 Å². The van der Waals surface area contributed by atoms with Crippen molar-refractivity contribution in [3.05, 3.63) is 0 Å². The van der Waals surface area contributed by atoms with Gasteiger partial charge in [0.05, 0.1) is 0 Å². The third kappa shape index (κ3) is 4.20. The van der Waals surface area contributed by atoms with Crippen LogP contribution in [0.1, 0.15) is 64.7 Å². The molecular formula is C16H30N2O. The van der Waals surface area contributed by atoms with Gasteiger partial charge in [0.2, 0.25) is 5.91 Å². The van der Waals surface area contributed by atoms with Gasteiger partial charge >= 0.3 is 0 Å². The Morgan fingerprint density at radius 2 is 1.89 bits per heavy atom. The highest BCUT2D eigenvalue weighted by Crippen LogP contribution is 2.29. The second-order valence-electron chi connectivity index (χ2n) is 6.56. The molecule has 0 aromatic heterocycles. The Morgan fingerprint density at radius 1 is 1.16 bits per heavy atom. The van der Waals surface area contributed by atoms with Crippen LogP contribution in [0.15, 0.2) is 0 Å². The van der Waals surface area contributed by atoms with E-state index in [9.17, 15) is 4.79 Å². The molecule has 2 aliphatic rings. The van der Waals surface area contributed by atoms with Crippen LogP contribution < -0.4 is 5.73 Å². The fourth-order valence-electron chi connectivity index (χ4n) is 3.74. The number of amides is 1. The number of hydrogen-bond acceptors (Lipinski definition) is 2. The predicted octanol–water partition coefficient (Wildman–Crippen LogP) is 2.93. The van der Waals surface area contributed by atoms with Crippen molar-refractivity contribution >= 4 is 5.91 Å². The number of hydrogen-bond donors (Lipinski definition) is 1. The second kappa shape index (κ2) is 7.28. The van der Waals surface area contributed by atoms with E-state index in [2.05, 4.69) is 11.8 Å². The molecule has 2 saturated carbocycles. The molecule has 2 N–H and O–H groups in total. The Bertz CT molecular complexity index is 286.